The Bertz CT molecular complexity index is 580. The van der Waals surface area contributed by atoms with E-state index in [1.54, 1.807) is 18.2 Å². The zero-order valence-corrected chi connectivity index (χ0v) is 16.6. The Morgan fingerprint density at radius 1 is 1.24 bits per heavy atom. The molecule has 0 spiro atoms. The minimum absolute atomic E-state index is 0.133. The molecule has 5 nitrogen and oxygen atoms in total. The van der Waals surface area contributed by atoms with E-state index in [9.17, 15) is 9.59 Å². The number of benzene rings is 1. The van der Waals surface area contributed by atoms with Gasteiger partial charge in [-0.05, 0) is 18.6 Å². The van der Waals surface area contributed by atoms with E-state index in [-0.39, 0.29) is 18.9 Å². The molecule has 1 aliphatic rings. The molecule has 7 heteroatoms. The molecule has 140 valence electrons. The molecule has 0 unspecified atom stereocenters. The van der Waals surface area contributed by atoms with Crippen molar-refractivity contribution in [2.45, 2.75) is 65.2 Å². The van der Waals surface area contributed by atoms with Crippen molar-refractivity contribution in [3.8, 4) is 0 Å². The highest BCUT2D eigenvalue weighted by atomic mass is 35.5. The Morgan fingerprint density at radius 3 is 2.16 bits per heavy atom. The molecular formula is C18H26Cl2N2O3. The van der Waals surface area contributed by atoms with Crippen molar-refractivity contribution in [2.75, 3.05) is 0 Å². The van der Waals surface area contributed by atoms with Gasteiger partial charge in [-0.3, -0.25) is 4.79 Å². The van der Waals surface area contributed by atoms with Gasteiger partial charge in [0.05, 0.1) is 0 Å². The summed E-state index contributed by atoms with van der Waals surface area (Å²) in [5.41, 5.74) is 0.585. The topological polar surface area (TPSA) is 69.6 Å². The summed E-state index contributed by atoms with van der Waals surface area (Å²) in [5.74, 6) is -1.18. The van der Waals surface area contributed by atoms with Crippen LogP contribution in [0.4, 0.5) is 0 Å². The molecule has 1 aromatic rings. The van der Waals surface area contributed by atoms with Crippen molar-refractivity contribution in [3.63, 3.8) is 0 Å². The summed E-state index contributed by atoms with van der Waals surface area (Å²) in [4.78, 5) is 24.1. The van der Waals surface area contributed by atoms with E-state index >= 15 is 0 Å². The number of likely N-dealkylation sites (tertiary alicyclic amines) is 1. The van der Waals surface area contributed by atoms with Gasteiger partial charge < -0.3 is 15.3 Å². The molecule has 0 radical (unpaired) electrons. The standard InChI is InChI=1S/C12H11Cl2NO3.C6H15N/c13-8-2-1-3-9(14)7(8)6-15-10(12(17)18)4-5-11(15)16;1-5(2)7-6(3)4/h1-3,10H,4-6H2,(H,17,18);5-7H,1-4H3/t10-;/m0./s1. The van der Waals surface area contributed by atoms with Gasteiger partial charge in [0.2, 0.25) is 5.91 Å². The van der Waals surface area contributed by atoms with Gasteiger partial charge >= 0.3 is 5.97 Å². The lowest BCUT2D eigenvalue weighted by molar-refractivity contribution is -0.146. The quantitative estimate of drug-likeness (QED) is 0.800. The Labute approximate surface area is 159 Å². The van der Waals surface area contributed by atoms with Crippen LogP contribution in [0.25, 0.3) is 0 Å². The van der Waals surface area contributed by atoms with Crippen molar-refractivity contribution in [3.05, 3.63) is 33.8 Å². The molecule has 0 saturated carbocycles. The third-order valence-electron chi connectivity index (χ3n) is 3.67. The van der Waals surface area contributed by atoms with Gasteiger partial charge in [-0.2, -0.15) is 0 Å². The van der Waals surface area contributed by atoms with Gasteiger partial charge in [-0.1, -0.05) is 57.0 Å². The number of amides is 1. The molecule has 0 aromatic heterocycles. The van der Waals surface area contributed by atoms with E-state index in [1.165, 1.54) is 4.90 Å². The number of carbonyl (C=O) groups is 2. The minimum atomic E-state index is -0.996. The van der Waals surface area contributed by atoms with E-state index in [1.807, 2.05) is 0 Å². The Balaban J connectivity index is 0.000000381. The number of carboxylic acid groups (broad SMARTS) is 1. The summed E-state index contributed by atoms with van der Waals surface area (Å²) in [7, 11) is 0. The summed E-state index contributed by atoms with van der Waals surface area (Å²) in [5, 5.41) is 13.2. The molecule has 1 fully saturated rings. The summed E-state index contributed by atoms with van der Waals surface area (Å²) in [6, 6.07) is 5.50. The second-order valence-electron chi connectivity index (χ2n) is 6.59. The van der Waals surface area contributed by atoms with Crippen LogP contribution < -0.4 is 5.32 Å². The van der Waals surface area contributed by atoms with E-state index in [2.05, 4.69) is 33.0 Å². The van der Waals surface area contributed by atoms with Gasteiger partial charge in [0, 0.05) is 40.7 Å². The van der Waals surface area contributed by atoms with Crippen LogP contribution in [0.3, 0.4) is 0 Å². The molecule has 2 rings (SSSR count). The number of hydrogen-bond acceptors (Lipinski definition) is 3. The van der Waals surface area contributed by atoms with Crippen LogP contribution in [0.1, 0.15) is 46.1 Å². The van der Waals surface area contributed by atoms with Gasteiger partial charge in [-0.25, -0.2) is 4.79 Å². The van der Waals surface area contributed by atoms with E-state index in [0.29, 0.717) is 34.1 Å². The highest BCUT2D eigenvalue weighted by Crippen LogP contribution is 2.29. The summed E-state index contributed by atoms with van der Waals surface area (Å²) in [6.07, 6.45) is 0.579. The summed E-state index contributed by atoms with van der Waals surface area (Å²) < 4.78 is 0. The maximum atomic E-state index is 11.7. The molecule has 2 N–H and O–H groups in total. The molecule has 1 saturated heterocycles. The SMILES string of the molecule is CC(C)NC(C)C.O=C(O)[C@@H]1CCC(=O)N1Cc1c(Cl)cccc1Cl. The Hall–Kier alpha value is -1.30. The number of nitrogens with zero attached hydrogens (tertiary/aromatic N) is 1. The van der Waals surface area contributed by atoms with Crippen LogP contribution in [0.5, 0.6) is 0 Å². The van der Waals surface area contributed by atoms with Crippen LogP contribution in [0, 0.1) is 0 Å². The number of nitrogens with one attached hydrogen (secondary N) is 1. The normalized spacial score (nSPS) is 17.0. The predicted octanol–water partition coefficient (Wildman–Crippen LogP) is 3.96. The fourth-order valence-corrected chi connectivity index (χ4v) is 3.23. The molecule has 1 aliphatic heterocycles. The number of aliphatic carboxylic acids is 1. The van der Waals surface area contributed by atoms with Crippen molar-refractivity contribution < 1.29 is 14.7 Å². The first kappa shape index (κ1) is 21.7. The molecular weight excluding hydrogens is 363 g/mol. The third kappa shape index (κ3) is 6.84. The van der Waals surface area contributed by atoms with Gasteiger partial charge in [0.1, 0.15) is 6.04 Å². The number of rotatable bonds is 5. The second-order valence-corrected chi connectivity index (χ2v) is 7.41. The number of carbonyl (C=O) groups excluding carboxylic acids is 1. The molecule has 1 amide bonds. The number of hydrogen-bond donors (Lipinski definition) is 2. The first-order valence-corrected chi connectivity index (χ1v) is 9.10. The Kier molecular flexibility index (Phi) is 8.69. The predicted molar refractivity (Wildman–Crippen MR) is 101 cm³/mol. The lowest BCUT2D eigenvalue weighted by Crippen LogP contribution is -2.38. The molecule has 0 aliphatic carbocycles. The van der Waals surface area contributed by atoms with Crippen molar-refractivity contribution in [2.24, 2.45) is 0 Å². The maximum absolute atomic E-state index is 11.7. The van der Waals surface area contributed by atoms with Gasteiger partial charge in [0.25, 0.3) is 0 Å². The van der Waals surface area contributed by atoms with Crippen LogP contribution in [-0.2, 0) is 16.1 Å². The fourth-order valence-electron chi connectivity index (χ4n) is 2.71. The van der Waals surface area contributed by atoms with Crippen LogP contribution in [0.15, 0.2) is 18.2 Å². The number of carboxylic acids is 1. The number of halogens is 2. The fraction of sp³-hybridized carbons (Fsp3) is 0.556. The van der Waals surface area contributed by atoms with Crippen LogP contribution >= 0.6 is 23.2 Å². The average molecular weight is 389 g/mol. The van der Waals surface area contributed by atoms with Crippen LogP contribution in [-0.4, -0.2) is 40.0 Å². The molecule has 0 bridgehead atoms. The Morgan fingerprint density at radius 2 is 1.76 bits per heavy atom. The second kappa shape index (κ2) is 10.00. The highest BCUT2D eigenvalue weighted by molar-refractivity contribution is 6.36. The smallest absolute Gasteiger partial charge is 0.326 e. The van der Waals surface area contributed by atoms with Crippen LogP contribution in [0.2, 0.25) is 10.0 Å². The van der Waals surface area contributed by atoms with Crippen molar-refractivity contribution in [1.82, 2.24) is 10.2 Å². The summed E-state index contributed by atoms with van der Waals surface area (Å²) in [6.45, 7) is 8.74. The van der Waals surface area contributed by atoms with E-state index in [4.69, 9.17) is 28.3 Å². The van der Waals surface area contributed by atoms with Crippen molar-refractivity contribution >= 4 is 35.1 Å². The summed E-state index contributed by atoms with van der Waals surface area (Å²) >= 11 is 12.0. The third-order valence-corrected chi connectivity index (χ3v) is 4.38. The largest absolute Gasteiger partial charge is 0.480 e. The molecule has 1 heterocycles. The zero-order chi connectivity index (χ0) is 19.1. The molecule has 1 atom stereocenters. The first-order chi connectivity index (χ1) is 11.6. The lowest BCUT2D eigenvalue weighted by atomic mass is 10.2. The lowest BCUT2D eigenvalue weighted by Gasteiger charge is -2.22. The first-order valence-electron chi connectivity index (χ1n) is 8.34. The molecule has 1 aromatic carbocycles. The monoisotopic (exact) mass is 388 g/mol. The van der Waals surface area contributed by atoms with Crippen molar-refractivity contribution in [1.29, 1.82) is 0 Å². The van der Waals surface area contributed by atoms with Gasteiger partial charge in [-0.15, -0.1) is 0 Å². The minimum Gasteiger partial charge on any atom is -0.480 e. The van der Waals surface area contributed by atoms with E-state index in [0.717, 1.165) is 0 Å². The highest BCUT2D eigenvalue weighted by Gasteiger charge is 2.36. The zero-order valence-electron chi connectivity index (χ0n) is 15.1. The maximum Gasteiger partial charge on any atom is 0.326 e. The average Bonchev–Trinajstić information content (AvgIpc) is 2.83. The molecule has 25 heavy (non-hydrogen) atoms. The van der Waals surface area contributed by atoms with E-state index < -0.39 is 12.0 Å². The van der Waals surface area contributed by atoms with Gasteiger partial charge in [0.15, 0.2) is 0 Å².